The van der Waals surface area contributed by atoms with Gasteiger partial charge in [-0.25, -0.2) is 0 Å². The summed E-state index contributed by atoms with van der Waals surface area (Å²) >= 11 is 1.55. The van der Waals surface area contributed by atoms with Gasteiger partial charge in [0.15, 0.2) is 0 Å². The lowest BCUT2D eigenvalue weighted by Gasteiger charge is -1.94. The third-order valence-electron chi connectivity index (χ3n) is 2.07. The fraction of sp³-hybridized carbons (Fsp3) is 0. The molecule has 2 nitrogen and oxygen atoms in total. The zero-order valence-electron chi connectivity index (χ0n) is 8.42. The molecule has 0 saturated carbocycles. The Morgan fingerprint density at radius 1 is 1.12 bits per heavy atom. The Morgan fingerprint density at radius 2 is 1.88 bits per heavy atom. The normalized spacial score (nSPS) is 10.8. The molecule has 0 aliphatic heterocycles. The number of rotatable bonds is 3. The van der Waals surface area contributed by atoms with Crippen molar-refractivity contribution < 1.29 is 9.90 Å². The van der Waals surface area contributed by atoms with Crippen LogP contribution in [0.2, 0.25) is 0 Å². The molecule has 0 atom stereocenters. The van der Waals surface area contributed by atoms with Crippen molar-refractivity contribution in [1.29, 1.82) is 0 Å². The maximum absolute atomic E-state index is 10.3. The van der Waals surface area contributed by atoms with Crippen LogP contribution in [0.5, 0.6) is 0 Å². The summed E-state index contributed by atoms with van der Waals surface area (Å²) in [5, 5.41) is 10.3. The van der Waals surface area contributed by atoms with Crippen LogP contribution in [0, 0.1) is 0 Å². The van der Waals surface area contributed by atoms with Gasteiger partial charge in [0.2, 0.25) is 0 Å². The van der Waals surface area contributed by atoms with Crippen LogP contribution in [0.15, 0.2) is 48.5 Å². The van der Waals surface area contributed by atoms with Gasteiger partial charge in [-0.1, -0.05) is 30.3 Å². The SMILES string of the molecule is O=C([O-])/C=C/c1ccc(-c2ccccc2)s1. The molecule has 1 aromatic heterocycles. The van der Waals surface area contributed by atoms with E-state index in [-0.39, 0.29) is 0 Å². The maximum Gasteiger partial charge on any atom is 0.0643 e. The Kier molecular flexibility index (Phi) is 3.17. The molecule has 0 saturated heterocycles. The molecule has 0 unspecified atom stereocenters. The van der Waals surface area contributed by atoms with Gasteiger partial charge in [0.05, 0.1) is 5.97 Å². The molecular formula is C13H9O2S-. The Labute approximate surface area is 97.5 Å². The third-order valence-corrected chi connectivity index (χ3v) is 3.17. The molecule has 1 aromatic carbocycles. The lowest BCUT2D eigenvalue weighted by atomic mass is 10.2. The van der Waals surface area contributed by atoms with Crippen LogP contribution in [-0.4, -0.2) is 5.97 Å². The molecular weight excluding hydrogens is 220 g/mol. The lowest BCUT2D eigenvalue weighted by Crippen LogP contribution is -2.18. The van der Waals surface area contributed by atoms with E-state index in [0.29, 0.717) is 0 Å². The lowest BCUT2D eigenvalue weighted by molar-refractivity contribution is -0.297. The number of benzene rings is 1. The van der Waals surface area contributed by atoms with E-state index in [2.05, 4.69) is 0 Å². The van der Waals surface area contributed by atoms with E-state index in [0.717, 1.165) is 21.4 Å². The summed E-state index contributed by atoms with van der Waals surface area (Å²) in [4.78, 5) is 12.3. The number of aliphatic carboxylic acids is 1. The van der Waals surface area contributed by atoms with E-state index in [9.17, 15) is 9.90 Å². The second-order valence-corrected chi connectivity index (χ2v) is 4.34. The highest BCUT2D eigenvalue weighted by Crippen LogP contribution is 2.28. The number of hydrogen-bond donors (Lipinski definition) is 0. The predicted octanol–water partition coefficient (Wildman–Crippen LogP) is 2.18. The van der Waals surface area contributed by atoms with E-state index in [1.165, 1.54) is 0 Å². The first-order valence-electron chi connectivity index (χ1n) is 4.80. The van der Waals surface area contributed by atoms with Crippen LogP contribution in [0.4, 0.5) is 0 Å². The van der Waals surface area contributed by atoms with Crippen LogP contribution >= 0.6 is 11.3 Å². The second-order valence-electron chi connectivity index (χ2n) is 3.22. The highest BCUT2D eigenvalue weighted by atomic mass is 32.1. The van der Waals surface area contributed by atoms with Crippen LogP contribution in [0.25, 0.3) is 16.5 Å². The summed E-state index contributed by atoms with van der Waals surface area (Å²) in [6, 6.07) is 13.9. The Balaban J connectivity index is 2.23. The molecule has 80 valence electrons. The van der Waals surface area contributed by atoms with E-state index in [1.54, 1.807) is 17.4 Å². The molecule has 2 rings (SSSR count). The zero-order chi connectivity index (χ0) is 11.4. The summed E-state index contributed by atoms with van der Waals surface area (Å²) in [7, 11) is 0. The van der Waals surface area contributed by atoms with Gasteiger partial charge < -0.3 is 9.90 Å². The highest BCUT2D eigenvalue weighted by molar-refractivity contribution is 7.16. The van der Waals surface area contributed by atoms with Crippen molar-refractivity contribution in [3.05, 3.63) is 53.4 Å². The summed E-state index contributed by atoms with van der Waals surface area (Å²) < 4.78 is 0. The van der Waals surface area contributed by atoms with E-state index in [4.69, 9.17) is 0 Å². The Bertz CT molecular complexity index is 512. The molecule has 0 bridgehead atoms. The number of thiophene rings is 1. The molecule has 0 fully saturated rings. The largest absolute Gasteiger partial charge is 0.545 e. The average molecular weight is 229 g/mol. The molecule has 3 heteroatoms. The average Bonchev–Trinajstić information content (AvgIpc) is 2.76. The summed E-state index contributed by atoms with van der Waals surface area (Å²) in [5.74, 6) is -1.17. The molecule has 0 radical (unpaired) electrons. The minimum absolute atomic E-state index is 0.906. The predicted molar refractivity (Wildman–Crippen MR) is 63.8 cm³/mol. The molecule has 2 aromatic rings. The van der Waals surface area contributed by atoms with Gasteiger partial charge in [-0.3, -0.25) is 0 Å². The van der Waals surface area contributed by atoms with Crippen molar-refractivity contribution in [3.63, 3.8) is 0 Å². The first kappa shape index (κ1) is 10.6. The molecule has 1 heterocycles. The minimum atomic E-state index is -1.17. The van der Waals surface area contributed by atoms with Crippen molar-refractivity contribution in [2.45, 2.75) is 0 Å². The van der Waals surface area contributed by atoms with Gasteiger partial charge >= 0.3 is 0 Å². The van der Waals surface area contributed by atoms with Crippen LogP contribution < -0.4 is 5.11 Å². The monoisotopic (exact) mass is 229 g/mol. The molecule has 0 spiro atoms. The van der Waals surface area contributed by atoms with Gasteiger partial charge in [-0.2, -0.15) is 0 Å². The molecule has 0 aliphatic carbocycles. The summed E-state index contributed by atoms with van der Waals surface area (Å²) in [6.45, 7) is 0. The topological polar surface area (TPSA) is 40.1 Å². The fourth-order valence-electron chi connectivity index (χ4n) is 1.35. The Morgan fingerprint density at radius 3 is 2.56 bits per heavy atom. The van der Waals surface area contributed by atoms with Gasteiger partial charge in [0.1, 0.15) is 0 Å². The molecule has 0 amide bonds. The van der Waals surface area contributed by atoms with E-state index >= 15 is 0 Å². The van der Waals surface area contributed by atoms with Crippen molar-refractivity contribution >= 4 is 23.4 Å². The summed E-state index contributed by atoms with van der Waals surface area (Å²) in [6.07, 6.45) is 2.59. The zero-order valence-corrected chi connectivity index (χ0v) is 9.24. The number of carboxylic acid groups (broad SMARTS) is 1. The number of carboxylic acids is 1. The molecule has 0 N–H and O–H groups in total. The van der Waals surface area contributed by atoms with Crippen LogP contribution in [-0.2, 0) is 4.79 Å². The smallest absolute Gasteiger partial charge is 0.0643 e. The maximum atomic E-state index is 10.3. The van der Waals surface area contributed by atoms with Gasteiger partial charge in [-0.05, 0) is 29.8 Å². The van der Waals surface area contributed by atoms with E-state index in [1.807, 2.05) is 42.5 Å². The van der Waals surface area contributed by atoms with Crippen LogP contribution in [0.1, 0.15) is 4.88 Å². The van der Waals surface area contributed by atoms with Crippen LogP contribution in [0.3, 0.4) is 0 Å². The van der Waals surface area contributed by atoms with Crippen molar-refractivity contribution in [3.8, 4) is 10.4 Å². The van der Waals surface area contributed by atoms with Crippen molar-refractivity contribution in [2.24, 2.45) is 0 Å². The second kappa shape index (κ2) is 4.77. The highest BCUT2D eigenvalue weighted by Gasteiger charge is 1.99. The van der Waals surface area contributed by atoms with Crippen molar-refractivity contribution in [1.82, 2.24) is 0 Å². The van der Waals surface area contributed by atoms with Crippen molar-refractivity contribution in [2.75, 3.05) is 0 Å². The minimum Gasteiger partial charge on any atom is -0.545 e. The quantitative estimate of drug-likeness (QED) is 0.757. The summed E-state index contributed by atoms with van der Waals surface area (Å²) in [5.41, 5.74) is 1.14. The standard InChI is InChI=1S/C13H10O2S/c14-13(15)9-7-11-6-8-12(16-11)10-4-2-1-3-5-10/h1-9H,(H,14,15)/p-1/b9-7+. The van der Waals surface area contributed by atoms with Gasteiger partial charge in [0.25, 0.3) is 0 Å². The number of hydrogen-bond acceptors (Lipinski definition) is 3. The first-order valence-corrected chi connectivity index (χ1v) is 5.62. The first-order chi connectivity index (χ1) is 7.75. The fourth-order valence-corrected chi connectivity index (χ4v) is 2.27. The molecule has 0 aliphatic rings. The van der Waals surface area contributed by atoms with Gasteiger partial charge in [-0.15, -0.1) is 11.3 Å². The number of carbonyl (C=O) groups excluding carboxylic acids is 1. The van der Waals surface area contributed by atoms with Gasteiger partial charge in [0, 0.05) is 9.75 Å². The third kappa shape index (κ3) is 2.58. The molecule has 16 heavy (non-hydrogen) atoms. The van der Waals surface area contributed by atoms with E-state index < -0.39 is 5.97 Å². The number of carbonyl (C=O) groups is 1. The Hall–Kier alpha value is -1.87.